The minimum absolute atomic E-state index is 0.00548. The number of nitrogens with two attached hydrogens (primary N) is 2. The van der Waals surface area contributed by atoms with Crippen LogP contribution in [0.4, 0.5) is 8.78 Å². The number of aryl methyl sites for hydroxylation is 1. The third kappa shape index (κ3) is 7.87. The van der Waals surface area contributed by atoms with E-state index in [-0.39, 0.29) is 28.7 Å². The van der Waals surface area contributed by atoms with E-state index in [1.54, 1.807) is 49.5 Å². The predicted molar refractivity (Wildman–Crippen MR) is 178 cm³/mol. The number of amidine groups is 1. The number of aromatic nitrogens is 3. The van der Waals surface area contributed by atoms with E-state index in [0.29, 0.717) is 46.8 Å². The molecule has 3 atom stereocenters. The topological polar surface area (TPSA) is 127 Å². The van der Waals surface area contributed by atoms with Gasteiger partial charge in [0.15, 0.2) is 5.82 Å². The summed E-state index contributed by atoms with van der Waals surface area (Å²) in [6, 6.07) is 9.86. The lowest BCUT2D eigenvalue weighted by molar-refractivity contribution is 0.412. The Morgan fingerprint density at radius 2 is 2.04 bits per heavy atom. The Morgan fingerprint density at radius 1 is 1.24 bits per heavy atom. The average molecular weight is 636 g/mol. The molecule has 0 spiro atoms. The maximum atomic E-state index is 15.6. The van der Waals surface area contributed by atoms with Crippen LogP contribution < -0.4 is 22.5 Å². The summed E-state index contributed by atoms with van der Waals surface area (Å²) in [6.45, 7) is 6.11. The van der Waals surface area contributed by atoms with Crippen molar-refractivity contribution >= 4 is 28.5 Å². The number of H-pyrrole nitrogens is 1. The number of fused-ring (bicyclic) bond motifs is 1. The van der Waals surface area contributed by atoms with Gasteiger partial charge in [-0.15, -0.1) is 6.58 Å². The molecule has 4 aromatic rings. The van der Waals surface area contributed by atoms with Crippen molar-refractivity contribution in [3.05, 3.63) is 93.5 Å². The van der Waals surface area contributed by atoms with Gasteiger partial charge in [-0.25, -0.2) is 13.6 Å². The number of hydrogen-bond acceptors (Lipinski definition) is 5. The largest absolute Gasteiger partial charge is 0.388 e. The molecule has 0 saturated carbocycles. The Labute approximate surface area is 266 Å². The first-order valence-electron chi connectivity index (χ1n) is 15.4. The summed E-state index contributed by atoms with van der Waals surface area (Å²) in [5, 5.41) is 4.18. The molecule has 1 aliphatic rings. The summed E-state index contributed by atoms with van der Waals surface area (Å²) in [5.74, 6) is -0.409. The third-order valence-electron chi connectivity index (χ3n) is 8.40. The highest BCUT2D eigenvalue weighted by atomic mass is 35.5. The van der Waals surface area contributed by atoms with Crippen molar-refractivity contribution in [1.29, 1.82) is 0 Å². The Hall–Kier alpha value is -3.86. The summed E-state index contributed by atoms with van der Waals surface area (Å²) < 4.78 is 32.1. The van der Waals surface area contributed by atoms with E-state index in [1.807, 2.05) is 0 Å². The highest BCUT2D eigenvalue weighted by Gasteiger charge is 2.23. The number of nitrogens with zero attached hydrogens (tertiary/aromatic N) is 3. The molecule has 6 N–H and O–H groups in total. The lowest BCUT2D eigenvalue weighted by atomic mass is 10.0. The van der Waals surface area contributed by atoms with Gasteiger partial charge in [0.05, 0.1) is 22.2 Å². The third-order valence-corrected chi connectivity index (χ3v) is 8.68. The lowest BCUT2D eigenvalue weighted by Crippen LogP contribution is -2.32. The fourth-order valence-electron chi connectivity index (χ4n) is 5.98. The van der Waals surface area contributed by atoms with Crippen molar-refractivity contribution in [2.45, 2.75) is 76.4 Å². The first-order valence-corrected chi connectivity index (χ1v) is 15.8. The zero-order valence-electron chi connectivity index (χ0n) is 25.5. The SMILES string of the molecule is C=C[C@@H](N)CCCc1cc(Cl)c(F)c(-c2cc3cn(-c4ccc([C@@H]5CCCC[C@@H](CCN=C(C)N)N5)c(F)c4)c(=O)nc3[nH]2)c1. The van der Waals surface area contributed by atoms with Crippen LogP contribution in [0.25, 0.3) is 28.0 Å². The fourth-order valence-corrected chi connectivity index (χ4v) is 6.22. The molecule has 0 unspecified atom stereocenters. The minimum Gasteiger partial charge on any atom is -0.388 e. The zero-order chi connectivity index (χ0) is 32.1. The summed E-state index contributed by atoms with van der Waals surface area (Å²) in [6.07, 6.45) is 10.2. The van der Waals surface area contributed by atoms with Crippen LogP contribution in [0.3, 0.4) is 0 Å². The molecule has 1 aliphatic heterocycles. The Morgan fingerprint density at radius 3 is 2.80 bits per heavy atom. The Balaban J connectivity index is 1.39. The summed E-state index contributed by atoms with van der Waals surface area (Å²) in [4.78, 5) is 24.6. The molecule has 0 aliphatic carbocycles. The Kier molecular flexibility index (Phi) is 10.5. The molecule has 0 amide bonds. The van der Waals surface area contributed by atoms with Gasteiger partial charge in [0.1, 0.15) is 11.5 Å². The number of hydrogen-bond donors (Lipinski definition) is 4. The highest BCUT2D eigenvalue weighted by molar-refractivity contribution is 6.31. The van der Waals surface area contributed by atoms with Crippen molar-refractivity contribution in [2.75, 3.05) is 6.54 Å². The first-order chi connectivity index (χ1) is 21.6. The van der Waals surface area contributed by atoms with Crippen molar-refractivity contribution in [2.24, 2.45) is 16.5 Å². The molecule has 8 nitrogen and oxygen atoms in total. The highest BCUT2D eigenvalue weighted by Crippen LogP contribution is 2.32. The number of nitrogens with one attached hydrogen (secondary N) is 2. The number of rotatable bonds is 11. The van der Waals surface area contributed by atoms with E-state index in [9.17, 15) is 4.79 Å². The van der Waals surface area contributed by atoms with Gasteiger partial charge in [-0.05, 0) is 81.3 Å². The standard InChI is InChI=1S/C34H40ClF2N7O/c1-3-23(39)8-6-7-21-15-27(32(37)28(35)16-21)31-17-22-19-44(34(45)43-33(22)42-31)25-11-12-26(29(36)18-25)30-10-5-4-9-24(41-30)13-14-40-20(2)38/h3,11-12,15-19,23-24,30,41H,1,4-10,13-14,39H2,2H3,(H2,38,40)(H,42,43,45)/t23-,24+,30+/m1/s1. The van der Waals surface area contributed by atoms with Gasteiger partial charge in [0.2, 0.25) is 0 Å². The van der Waals surface area contributed by atoms with Gasteiger partial charge in [-0.3, -0.25) is 9.56 Å². The first kappa shape index (κ1) is 32.5. The van der Waals surface area contributed by atoms with E-state index in [1.165, 1.54) is 10.6 Å². The predicted octanol–water partition coefficient (Wildman–Crippen LogP) is 6.49. The second-order valence-corrected chi connectivity index (χ2v) is 12.2. The summed E-state index contributed by atoms with van der Waals surface area (Å²) in [7, 11) is 0. The van der Waals surface area contributed by atoms with Crippen LogP contribution in [-0.2, 0) is 6.42 Å². The van der Waals surface area contributed by atoms with Gasteiger partial charge < -0.3 is 21.8 Å². The normalized spacial score (nSPS) is 18.2. The van der Waals surface area contributed by atoms with Gasteiger partial charge >= 0.3 is 5.69 Å². The second kappa shape index (κ2) is 14.5. The summed E-state index contributed by atoms with van der Waals surface area (Å²) in [5.41, 5.74) is 13.8. The van der Waals surface area contributed by atoms with Crippen LogP contribution in [0.15, 0.2) is 65.0 Å². The van der Waals surface area contributed by atoms with Crippen molar-refractivity contribution in [3.63, 3.8) is 0 Å². The van der Waals surface area contributed by atoms with Crippen LogP contribution in [0.1, 0.15) is 69.0 Å². The van der Waals surface area contributed by atoms with Crippen molar-refractivity contribution < 1.29 is 8.78 Å². The molecule has 0 radical (unpaired) electrons. The van der Waals surface area contributed by atoms with E-state index < -0.39 is 17.3 Å². The van der Waals surface area contributed by atoms with Crippen LogP contribution in [0.5, 0.6) is 0 Å². The molecule has 2 aromatic carbocycles. The van der Waals surface area contributed by atoms with Crippen molar-refractivity contribution in [1.82, 2.24) is 19.9 Å². The van der Waals surface area contributed by atoms with E-state index >= 15 is 8.78 Å². The van der Waals surface area contributed by atoms with Crippen LogP contribution in [-0.4, -0.2) is 39.0 Å². The minimum atomic E-state index is -0.586. The number of benzene rings is 2. The molecule has 5 rings (SSSR count). The molecule has 1 fully saturated rings. The fraction of sp³-hybridized carbons (Fsp3) is 0.382. The zero-order valence-corrected chi connectivity index (χ0v) is 26.2. The molecule has 11 heteroatoms. The average Bonchev–Trinajstić information content (AvgIpc) is 3.27. The van der Waals surface area contributed by atoms with Gasteiger partial charge in [-0.1, -0.05) is 36.6 Å². The van der Waals surface area contributed by atoms with Crippen LogP contribution in [0.2, 0.25) is 5.02 Å². The molecule has 1 saturated heterocycles. The van der Waals surface area contributed by atoms with Crippen molar-refractivity contribution in [3.8, 4) is 16.9 Å². The number of aliphatic imine (C=N–C) groups is 1. The summed E-state index contributed by atoms with van der Waals surface area (Å²) >= 11 is 6.25. The maximum absolute atomic E-state index is 15.6. The van der Waals surface area contributed by atoms with E-state index in [2.05, 4.69) is 26.9 Å². The molecule has 0 bridgehead atoms. The maximum Gasteiger partial charge on any atom is 0.354 e. The number of aromatic amines is 1. The van der Waals surface area contributed by atoms with Gasteiger partial charge in [0.25, 0.3) is 0 Å². The quantitative estimate of drug-likeness (QED) is 0.0851. The molecule has 2 aromatic heterocycles. The number of halogens is 3. The van der Waals surface area contributed by atoms with E-state index in [4.69, 9.17) is 23.1 Å². The van der Waals surface area contributed by atoms with Crippen LogP contribution in [0, 0.1) is 11.6 Å². The monoisotopic (exact) mass is 635 g/mol. The van der Waals surface area contributed by atoms with E-state index in [0.717, 1.165) is 50.5 Å². The Bertz CT molecular complexity index is 1760. The second-order valence-electron chi connectivity index (χ2n) is 11.8. The molecular weight excluding hydrogens is 596 g/mol. The smallest absolute Gasteiger partial charge is 0.354 e. The molecule has 238 valence electrons. The van der Waals surface area contributed by atoms with Gasteiger partial charge in [0, 0.05) is 47.4 Å². The lowest BCUT2D eigenvalue weighted by Gasteiger charge is -2.23. The van der Waals surface area contributed by atoms with Crippen LogP contribution >= 0.6 is 11.6 Å². The molecule has 45 heavy (non-hydrogen) atoms. The van der Waals surface area contributed by atoms with Gasteiger partial charge in [-0.2, -0.15) is 4.98 Å². The molecule has 3 heterocycles. The molecular formula is C34H40ClF2N7O.